The van der Waals surface area contributed by atoms with E-state index >= 15 is 0 Å². The van der Waals surface area contributed by atoms with E-state index in [1.54, 1.807) is 6.07 Å². The summed E-state index contributed by atoms with van der Waals surface area (Å²) in [6, 6.07) is 23.0. The minimum absolute atomic E-state index is 0.0323. The van der Waals surface area contributed by atoms with E-state index in [-0.39, 0.29) is 29.3 Å². The van der Waals surface area contributed by atoms with Gasteiger partial charge in [-0.05, 0) is 64.0 Å². The first kappa shape index (κ1) is 29.5. The largest absolute Gasteiger partial charge is 0.416 e. The first-order chi connectivity index (χ1) is 19.4. The number of nitrogens with one attached hydrogen (secondary N) is 1. The zero-order valence-corrected chi connectivity index (χ0v) is 25.2. The van der Waals surface area contributed by atoms with Crippen LogP contribution < -0.4 is 15.7 Å². The SMILES string of the molecule is C[C@H]1CCCN(C(CO[Si](c2ccccc2)(c2ccccc2)C(C)(C)C)c2cc3c(c(C(F)(F)F)c2)CNC3=O)C1. The minimum atomic E-state index is -4.56. The van der Waals surface area contributed by atoms with Crippen LogP contribution in [0.15, 0.2) is 72.8 Å². The van der Waals surface area contributed by atoms with Gasteiger partial charge in [0.05, 0.1) is 18.2 Å². The lowest BCUT2D eigenvalue weighted by molar-refractivity contribution is -0.138. The summed E-state index contributed by atoms with van der Waals surface area (Å²) in [5, 5.41) is 4.56. The molecule has 1 amide bonds. The number of rotatable bonds is 7. The standard InChI is InChI=1S/C33H39F3N2O2Si/c1-23-12-11-17-38(21-23)30(24-18-27-28(20-37-31(27)39)29(19-24)33(34,35)36)22-40-41(32(2,3)4,25-13-7-5-8-14-25)26-15-9-6-10-16-26/h5-10,13-16,18-19,23,30H,11-12,17,20-22H2,1-4H3,(H,37,39)/t23-,30?/m0/s1. The lowest BCUT2D eigenvalue weighted by Gasteiger charge is -2.45. The molecule has 2 aliphatic rings. The van der Waals surface area contributed by atoms with Gasteiger partial charge in [-0.3, -0.25) is 9.69 Å². The summed E-state index contributed by atoms with van der Waals surface area (Å²) in [5.41, 5.74) is -0.0933. The molecule has 0 saturated carbocycles. The Bertz CT molecular complexity index is 1330. The van der Waals surface area contributed by atoms with Crippen LogP contribution in [0.1, 0.15) is 73.6 Å². The van der Waals surface area contributed by atoms with Crippen molar-refractivity contribution >= 4 is 24.6 Å². The normalized spacial score (nSPS) is 19.1. The molecular weight excluding hydrogens is 541 g/mol. The Kier molecular flexibility index (Phi) is 8.20. The summed E-state index contributed by atoms with van der Waals surface area (Å²) < 4.78 is 50.2. The number of carbonyl (C=O) groups is 1. The van der Waals surface area contributed by atoms with Crippen molar-refractivity contribution in [1.82, 2.24) is 10.2 Å². The molecule has 1 saturated heterocycles. The Balaban J connectivity index is 1.64. The second-order valence-corrected chi connectivity index (χ2v) is 16.8. The summed E-state index contributed by atoms with van der Waals surface area (Å²) in [6.45, 7) is 10.4. The van der Waals surface area contributed by atoms with Crippen molar-refractivity contribution in [1.29, 1.82) is 0 Å². The van der Waals surface area contributed by atoms with Crippen LogP contribution in [-0.4, -0.2) is 38.8 Å². The van der Waals surface area contributed by atoms with Gasteiger partial charge in [0.2, 0.25) is 0 Å². The quantitative estimate of drug-likeness (QED) is 0.334. The lowest BCUT2D eigenvalue weighted by Crippen LogP contribution is -2.67. The molecular formula is C33H39F3N2O2Si. The highest BCUT2D eigenvalue weighted by Gasteiger charge is 2.51. The number of alkyl halides is 3. The minimum Gasteiger partial charge on any atom is -0.405 e. The Morgan fingerprint density at radius 2 is 1.61 bits per heavy atom. The Morgan fingerprint density at radius 1 is 1.00 bits per heavy atom. The van der Waals surface area contributed by atoms with Crippen molar-refractivity contribution in [2.75, 3.05) is 19.7 Å². The zero-order valence-electron chi connectivity index (χ0n) is 24.2. The molecule has 0 spiro atoms. The number of piperidine rings is 1. The molecule has 3 aromatic rings. The van der Waals surface area contributed by atoms with Gasteiger partial charge < -0.3 is 9.74 Å². The predicted octanol–water partition coefficient (Wildman–Crippen LogP) is 6.30. The first-order valence-corrected chi connectivity index (χ1v) is 16.3. The number of hydrogen-bond donors (Lipinski definition) is 1. The van der Waals surface area contributed by atoms with Gasteiger partial charge in [-0.1, -0.05) is 88.4 Å². The maximum absolute atomic E-state index is 14.3. The van der Waals surface area contributed by atoms with Crippen molar-refractivity contribution in [2.45, 2.75) is 64.3 Å². The molecule has 41 heavy (non-hydrogen) atoms. The van der Waals surface area contributed by atoms with Crippen LogP contribution in [0.5, 0.6) is 0 Å². The molecule has 4 nitrogen and oxygen atoms in total. The summed E-state index contributed by atoms with van der Waals surface area (Å²) >= 11 is 0. The van der Waals surface area contributed by atoms with Crippen LogP contribution in [-0.2, 0) is 17.1 Å². The van der Waals surface area contributed by atoms with E-state index in [1.165, 1.54) is 6.07 Å². The molecule has 1 unspecified atom stereocenters. The number of halogens is 3. The molecule has 218 valence electrons. The van der Waals surface area contributed by atoms with Gasteiger partial charge in [-0.15, -0.1) is 0 Å². The zero-order chi connectivity index (χ0) is 29.4. The van der Waals surface area contributed by atoms with E-state index in [4.69, 9.17) is 4.43 Å². The number of benzene rings is 3. The van der Waals surface area contributed by atoms with Gasteiger partial charge in [-0.2, -0.15) is 13.2 Å². The van der Waals surface area contributed by atoms with E-state index in [0.717, 1.165) is 36.3 Å². The molecule has 1 fully saturated rings. The number of hydrogen-bond acceptors (Lipinski definition) is 3. The number of likely N-dealkylation sites (tertiary alicyclic amines) is 1. The fourth-order valence-corrected chi connectivity index (χ4v) is 11.2. The predicted molar refractivity (Wildman–Crippen MR) is 159 cm³/mol. The fraction of sp³-hybridized carbons (Fsp3) is 0.424. The molecule has 0 aliphatic carbocycles. The van der Waals surface area contributed by atoms with E-state index in [1.807, 2.05) is 36.4 Å². The Hall–Kier alpha value is -2.94. The topological polar surface area (TPSA) is 41.6 Å². The molecule has 1 N–H and O–H groups in total. The third kappa shape index (κ3) is 5.74. The molecule has 2 atom stereocenters. The molecule has 2 aliphatic heterocycles. The van der Waals surface area contributed by atoms with Crippen molar-refractivity contribution in [3.63, 3.8) is 0 Å². The van der Waals surface area contributed by atoms with Gasteiger partial charge >= 0.3 is 6.18 Å². The maximum atomic E-state index is 14.3. The first-order valence-electron chi connectivity index (χ1n) is 14.4. The van der Waals surface area contributed by atoms with Crippen molar-refractivity contribution in [2.24, 2.45) is 5.92 Å². The van der Waals surface area contributed by atoms with E-state index in [9.17, 15) is 18.0 Å². The summed E-state index contributed by atoms with van der Waals surface area (Å²) in [4.78, 5) is 14.9. The maximum Gasteiger partial charge on any atom is 0.416 e. The molecule has 2 heterocycles. The number of nitrogens with zero attached hydrogens (tertiary/aromatic N) is 1. The van der Waals surface area contributed by atoms with Gasteiger partial charge in [0.1, 0.15) is 0 Å². The number of carbonyl (C=O) groups excluding carboxylic acids is 1. The highest BCUT2D eigenvalue weighted by molar-refractivity contribution is 6.99. The van der Waals surface area contributed by atoms with Gasteiger partial charge in [-0.25, -0.2) is 0 Å². The monoisotopic (exact) mass is 580 g/mol. The van der Waals surface area contributed by atoms with Gasteiger partial charge in [0.15, 0.2) is 0 Å². The Labute approximate surface area is 242 Å². The molecule has 8 heteroatoms. The van der Waals surface area contributed by atoms with Crippen molar-refractivity contribution < 1.29 is 22.4 Å². The van der Waals surface area contributed by atoms with Crippen LogP contribution in [0.4, 0.5) is 13.2 Å². The smallest absolute Gasteiger partial charge is 0.405 e. The van der Waals surface area contributed by atoms with Crippen LogP contribution in [0.25, 0.3) is 0 Å². The molecule has 3 aromatic carbocycles. The number of amides is 1. The molecule has 0 aromatic heterocycles. The third-order valence-electron chi connectivity index (χ3n) is 8.64. The molecule has 5 rings (SSSR count). The van der Waals surface area contributed by atoms with E-state index < -0.39 is 32.0 Å². The highest BCUT2D eigenvalue weighted by Crippen LogP contribution is 2.41. The number of fused-ring (bicyclic) bond motifs is 1. The summed E-state index contributed by atoms with van der Waals surface area (Å²) in [6.07, 6.45) is -2.52. The van der Waals surface area contributed by atoms with Crippen LogP contribution in [0.3, 0.4) is 0 Å². The highest BCUT2D eigenvalue weighted by atomic mass is 28.4. The fourth-order valence-electron chi connectivity index (χ4n) is 6.68. The molecule has 0 bridgehead atoms. The molecule has 0 radical (unpaired) electrons. The average Bonchev–Trinajstić information content (AvgIpc) is 3.31. The summed E-state index contributed by atoms with van der Waals surface area (Å²) in [7, 11) is -2.94. The second kappa shape index (κ2) is 11.4. The third-order valence-corrected chi connectivity index (χ3v) is 13.6. The van der Waals surface area contributed by atoms with Gasteiger partial charge in [0.25, 0.3) is 14.2 Å². The van der Waals surface area contributed by atoms with Crippen LogP contribution in [0.2, 0.25) is 5.04 Å². The lowest BCUT2D eigenvalue weighted by atomic mass is 9.92. The van der Waals surface area contributed by atoms with E-state index in [2.05, 4.69) is 62.2 Å². The van der Waals surface area contributed by atoms with Gasteiger partial charge in [0, 0.05) is 18.7 Å². The van der Waals surface area contributed by atoms with Crippen LogP contribution >= 0.6 is 0 Å². The second-order valence-electron chi connectivity index (χ2n) is 12.5. The van der Waals surface area contributed by atoms with Crippen molar-refractivity contribution in [3.05, 3.63) is 95.1 Å². The van der Waals surface area contributed by atoms with E-state index in [0.29, 0.717) is 11.5 Å². The van der Waals surface area contributed by atoms with Crippen molar-refractivity contribution in [3.8, 4) is 0 Å². The Morgan fingerprint density at radius 3 is 2.15 bits per heavy atom. The average molecular weight is 581 g/mol. The summed E-state index contributed by atoms with van der Waals surface area (Å²) in [5.74, 6) is -0.0371. The van der Waals surface area contributed by atoms with Crippen LogP contribution in [0, 0.1) is 5.92 Å².